The molecule has 0 bridgehead atoms. The van der Waals surface area contributed by atoms with Gasteiger partial charge in [0.1, 0.15) is 5.82 Å². The molecule has 0 saturated carbocycles. The molecular formula is C48H28N4. The molecule has 240 valence electrons. The third kappa shape index (κ3) is 3.65. The van der Waals surface area contributed by atoms with E-state index in [4.69, 9.17) is 4.98 Å². The lowest BCUT2D eigenvalue weighted by molar-refractivity contribution is 1.10. The van der Waals surface area contributed by atoms with E-state index >= 15 is 0 Å². The van der Waals surface area contributed by atoms with Gasteiger partial charge in [-0.25, -0.2) is 4.98 Å². The highest BCUT2D eigenvalue weighted by Gasteiger charge is 2.25. The molecule has 7 aromatic carbocycles. The second-order valence-electron chi connectivity index (χ2n) is 13.8. The van der Waals surface area contributed by atoms with E-state index in [0.29, 0.717) is 0 Å². The van der Waals surface area contributed by atoms with Crippen molar-refractivity contribution in [2.24, 2.45) is 0 Å². The number of rotatable bonds is 3. The van der Waals surface area contributed by atoms with Gasteiger partial charge in [0.05, 0.1) is 22.1 Å². The van der Waals surface area contributed by atoms with Gasteiger partial charge in [-0.05, 0) is 87.6 Å². The monoisotopic (exact) mass is 660 g/mol. The SMILES string of the molecule is c1ccc(-n2c3ccc(-c4ccc5c(c4)c4ccccc4n5-c4ncc5c6c(cccc46)-c4cnccc4-5)cc3c3c4ccccc4ccc32)cc1. The minimum atomic E-state index is 0.947. The summed E-state index contributed by atoms with van der Waals surface area (Å²) >= 11 is 0. The number of para-hydroxylation sites is 2. The van der Waals surface area contributed by atoms with E-state index in [9.17, 15) is 0 Å². The summed E-state index contributed by atoms with van der Waals surface area (Å²) in [6.07, 6.45) is 5.90. The summed E-state index contributed by atoms with van der Waals surface area (Å²) < 4.78 is 4.75. The topological polar surface area (TPSA) is 35.6 Å². The Kier molecular flexibility index (Phi) is 5.47. The molecule has 4 aromatic heterocycles. The molecule has 0 atom stereocenters. The number of pyridine rings is 2. The standard InChI is InChI=1S/C48H28N4/c1-2-10-32(11-3-1)51-44-21-19-31(26-39(44)47-33-12-5-4-9-29(33)17-22-45(47)51)30-18-20-43-38(25-30)35-13-6-7-16-42(35)52(43)48-37-15-8-14-36-40-27-49-24-23-34(40)41(28-50-48)46(36)37/h1-28H. The van der Waals surface area contributed by atoms with Gasteiger partial charge in [0, 0.05) is 67.7 Å². The van der Waals surface area contributed by atoms with Gasteiger partial charge < -0.3 is 4.57 Å². The number of benzene rings is 7. The van der Waals surface area contributed by atoms with Crippen LogP contribution in [0.25, 0.3) is 110 Å². The average molecular weight is 661 g/mol. The van der Waals surface area contributed by atoms with Crippen LogP contribution in [0.4, 0.5) is 0 Å². The highest BCUT2D eigenvalue weighted by molar-refractivity contribution is 6.22. The summed E-state index contributed by atoms with van der Waals surface area (Å²) in [6.45, 7) is 0. The number of hydrogen-bond acceptors (Lipinski definition) is 2. The van der Waals surface area contributed by atoms with Crippen molar-refractivity contribution in [3.63, 3.8) is 0 Å². The lowest BCUT2D eigenvalue weighted by Crippen LogP contribution is -1.99. The van der Waals surface area contributed by atoms with E-state index in [-0.39, 0.29) is 0 Å². The number of aromatic nitrogens is 4. The van der Waals surface area contributed by atoms with Gasteiger partial charge in [-0.2, -0.15) is 0 Å². The van der Waals surface area contributed by atoms with E-state index in [1.165, 1.54) is 82.1 Å². The summed E-state index contributed by atoms with van der Waals surface area (Å²) in [5.41, 5.74) is 13.0. The smallest absolute Gasteiger partial charge is 0.145 e. The van der Waals surface area contributed by atoms with Crippen LogP contribution < -0.4 is 0 Å². The largest absolute Gasteiger partial charge is 0.309 e. The van der Waals surface area contributed by atoms with Crippen molar-refractivity contribution in [3.05, 3.63) is 170 Å². The van der Waals surface area contributed by atoms with E-state index in [1.54, 1.807) is 0 Å². The Bertz CT molecular complexity index is 3260. The van der Waals surface area contributed by atoms with Crippen LogP contribution in [0.15, 0.2) is 170 Å². The maximum atomic E-state index is 5.19. The highest BCUT2D eigenvalue weighted by atomic mass is 15.1. The highest BCUT2D eigenvalue weighted by Crippen LogP contribution is 2.48. The molecule has 0 fully saturated rings. The Morgan fingerprint density at radius 1 is 0.385 bits per heavy atom. The summed E-state index contributed by atoms with van der Waals surface area (Å²) in [6, 6.07) is 55.2. The molecule has 0 spiro atoms. The first kappa shape index (κ1) is 27.7. The second kappa shape index (κ2) is 10.3. The van der Waals surface area contributed by atoms with Gasteiger partial charge in [-0.3, -0.25) is 9.55 Å². The fourth-order valence-electron chi connectivity index (χ4n) is 8.95. The van der Waals surface area contributed by atoms with Gasteiger partial charge >= 0.3 is 0 Å². The first-order chi connectivity index (χ1) is 25.8. The van der Waals surface area contributed by atoms with E-state index in [1.807, 2.05) is 18.6 Å². The van der Waals surface area contributed by atoms with Crippen LogP contribution in [0, 0.1) is 0 Å². The lowest BCUT2D eigenvalue weighted by Gasteiger charge is -2.12. The number of nitrogens with zero attached hydrogens (tertiary/aromatic N) is 4. The summed E-state index contributed by atoms with van der Waals surface area (Å²) in [7, 11) is 0. The Morgan fingerprint density at radius 2 is 1.10 bits per heavy atom. The third-order valence-corrected chi connectivity index (χ3v) is 11.2. The minimum Gasteiger partial charge on any atom is -0.309 e. The molecule has 0 saturated heterocycles. The molecule has 0 unspecified atom stereocenters. The molecule has 4 nitrogen and oxygen atoms in total. The van der Waals surface area contributed by atoms with E-state index in [0.717, 1.165) is 27.9 Å². The molecule has 52 heavy (non-hydrogen) atoms. The first-order valence-corrected chi connectivity index (χ1v) is 17.7. The van der Waals surface area contributed by atoms with E-state index in [2.05, 4.69) is 166 Å². The fraction of sp³-hybridized carbons (Fsp3) is 0. The molecule has 1 aliphatic rings. The van der Waals surface area contributed by atoms with Gasteiger partial charge in [-0.15, -0.1) is 0 Å². The Hall–Kier alpha value is -7.04. The molecule has 0 aliphatic heterocycles. The molecule has 0 amide bonds. The zero-order valence-corrected chi connectivity index (χ0v) is 28.0. The third-order valence-electron chi connectivity index (χ3n) is 11.2. The average Bonchev–Trinajstić information content (AvgIpc) is 3.85. The van der Waals surface area contributed by atoms with E-state index < -0.39 is 0 Å². The first-order valence-electron chi connectivity index (χ1n) is 17.7. The Labute approximate surface area is 298 Å². The van der Waals surface area contributed by atoms with Crippen LogP contribution in [0.5, 0.6) is 0 Å². The Balaban J connectivity index is 1.09. The van der Waals surface area contributed by atoms with Crippen LogP contribution in [0.1, 0.15) is 0 Å². The van der Waals surface area contributed by atoms with Crippen molar-refractivity contribution in [1.29, 1.82) is 0 Å². The number of hydrogen-bond donors (Lipinski definition) is 0. The lowest BCUT2D eigenvalue weighted by atomic mass is 9.99. The summed E-state index contributed by atoms with van der Waals surface area (Å²) in [4.78, 5) is 9.64. The second-order valence-corrected chi connectivity index (χ2v) is 13.8. The maximum absolute atomic E-state index is 5.19. The zero-order valence-electron chi connectivity index (χ0n) is 28.0. The number of fused-ring (bicyclic) bond motifs is 11. The molecule has 4 heterocycles. The zero-order chi connectivity index (χ0) is 33.9. The van der Waals surface area contributed by atoms with Crippen molar-refractivity contribution >= 4 is 65.2 Å². The minimum absolute atomic E-state index is 0.947. The molecule has 0 radical (unpaired) electrons. The predicted molar refractivity (Wildman–Crippen MR) is 216 cm³/mol. The quantitative estimate of drug-likeness (QED) is 0.189. The molecule has 1 aliphatic carbocycles. The van der Waals surface area contributed by atoms with Crippen molar-refractivity contribution in [2.45, 2.75) is 0 Å². The maximum Gasteiger partial charge on any atom is 0.145 e. The van der Waals surface area contributed by atoms with Crippen LogP contribution in [-0.2, 0) is 0 Å². The molecular weight excluding hydrogens is 633 g/mol. The fourth-order valence-corrected chi connectivity index (χ4v) is 8.95. The molecule has 0 N–H and O–H groups in total. The predicted octanol–water partition coefficient (Wildman–Crippen LogP) is 12.3. The van der Waals surface area contributed by atoms with Crippen molar-refractivity contribution in [1.82, 2.24) is 19.1 Å². The van der Waals surface area contributed by atoms with Crippen LogP contribution >= 0.6 is 0 Å². The normalized spacial score (nSPS) is 12.2. The van der Waals surface area contributed by atoms with Gasteiger partial charge in [0.25, 0.3) is 0 Å². The van der Waals surface area contributed by atoms with Gasteiger partial charge in [0.2, 0.25) is 0 Å². The van der Waals surface area contributed by atoms with Crippen LogP contribution in [0.2, 0.25) is 0 Å². The molecule has 11 aromatic rings. The molecule has 4 heteroatoms. The summed E-state index contributed by atoms with van der Waals surface area (Å²) in [5, 5.41) is 9.87. The summed E-state index contributed by atoms with van der Waals surface area (Å²) in [5.74, 6) is 0.947. The van der Waals surface area contributed by atoms with Crippen LogP contribution in [0.3, 0.4) is 0 Å². The van der Waals surface area contributed by atoms with Gasteiger partial charge in [-0.1, -0.05) is 97.1 Å². The van der Waals surface area contributed by atoms with Crippen molar-refractivity contribution in [3.8, 4) is 44.9 Å². The van der Waals surface area contributed by atoms with Crippen LogP contribution in [-0.4, -0.2) is 19.1 Å². The Morgan fingerprint density at radius 3 is 1.98 bits per heavy atom. The van der Waals surface area contributed by atoms with Crippen molar-refractivity contribution in [2.75, 3.05) is 0 Å². The molecule has 12 rings (SSSR count). The van der Waals surface area contributed by atoms with Crippen molar-refractivity contribution < 1.29 is 0 Å². The van der Waals surface area contributed by atoms with Gasteiger partial charge in [0.15, 0.2) is 0 Å².